The highest BCUT2D eigenvalue weighted by Crippen LogP contribution is 2.31. The van der Waals surface area contributed by atoms with Crippen molar-refractivity contribution in [2.24, 2.45) is 0 Å². The summed E-state index contributed by atoms with van der Waals surface area (Å²) in [6, 6.07) is 7.94. The Morgan fingerprint density at radius 1 is 1.21 bits per heavy atom. The fraction of sp³-hybridized carbons (Fsp3) is 0.263. The molecule has 144 valence electrons. The maximum Gasteiger partial charge on any atom is 0.273 e. The maximum atomic E-state index is 12.4. The summed E-state index contributed by atoms with van der Waals surface area (Å²) in [5.74, 6) is 0.144. The first-order chi connectivity index (χ1) is 13.3. The number of rotatable bonds is 5. The Morgan fingerprint density at radius 2 is 1.93 bits per heavy atom. The molecule has 0 radical (unpaired) electrons. The lowest BCUT2D eigenvalue weighted by atomic mass is 9.85. The number of hydrogen-bond donors (Lipinski definition) is 1. The first kappa shape index (κ1) is 19.2. The standard InChI is InChI=1S/C19H19N5O4/c1-19(2,3)14-5-4-13(10-15(14)24(26)27)18(25)21-11-16-22-17(23-28-16)12-6-8-20-9-7-12/h4-10H,11H2,1-3H3,(H,21,25). The number of nitro benzene ring substituents is 1. The molecule has 3 aromatic rings. The maximum absolute atomic E-state index is 12.4. The zero-order chi connectivity index (χ0) is 20.3. The van der Waals surface area contributed by atoms with Crippen LogP contribution in [-0.4, -0.2) is 26.0 Å². The molecule has 3 rings (SSSR count). The second kappa shape index (κ2) is 7.55. The number of hydrogen-bond acceptors (Lipinski definition) is 7. The SMILES string of the molecule is CC(C)(C)c1ccc(C(=O)NCc2nc(-c3ccncc3)no2)cc1[N+](=O)[O-]. The third kappa shape index (κ3) is 4.20. The van der Waals surface area contributed by atoms with Gasteiger partial charge >= 0.3 is 0 Å². The Bertz CT molecular complexity index is 1010. The summed E-state index contributed by atoms with van der Waals surface area (Å²) in [5.41, 5.74) is 0.994. The number of carbonyl (C=O) groups is 1. The smallest absolute Gasteiger partial charge is 0.273 e. The highest BCUT2D eigenvalue weighted by molar-refractivity contribution is 5.95. The number of carbonyl (C=O) groups excluding carboxylic acids is 1. The number of amides is 1. The molecule has 1 N–H and O–H groups in total. The van der Waals surface area contributed by atoms with Crippen LogP contribution in [0.25, 0.3) is 11.4 Å². The van der Waals surface area contributed by atoms with E-state index in [2.05, 4.69) is 20.4 Å². The Kier molecular flexibility index (Phi) is 5.16. The summed E-state index contributed by atoms with van der Waals surface area (Å²) in [6.07, 6.45) is 3.22. The molecule has 0 aliphatic heterocycles. The van der Waals surface area contributed by atoms with Crippen molar-refractivity contribution < 1.29 is 14.2 Å². The van der Waals surface area contributed by atoms with Gasteiger partial charge in [0.2, 0.25) is 11.7 Å². The van der Waals surface area contributed by atoms with E-state index in [1.54, 1.807) is 36.7 Å². The number of benzene rings is 1. The van der Waals surface area contributed by atoms with Crippen LogP contribution in [-0.2, 0) is 12.0 Å². The number of nitrogens with one attached hydrogen (secondary N) is 1. The van der Waals surface area contributed by atoms with Crippen LogP contribution in [0.3, 0.4) is 0 Å². The topological polar surface area (TPSA) is 124 Å². The minimum absolute atomic E-state index is 0.00569. The van der Waals surface area contributed by atoms with Crippen LogP contribution >= 0.6 is 0 Å². The highest BCUT2D eigenvalue weighted by atomic mass is 16.6. The van der Waals surface area contributed by atoms with Crippen molar-refractivity contribution in [3.8, 4) is 11.4 Å². The third-order valence-electron chi connectivity index (χ3n) is 4.07. The number of nitrogens with zero attached hydrogens (tertiary/aromatic N) is 4. The average molecular weight is 381 g/mol. The van der Waals surface area contributed by atoms with Crippen molar-refractivity contribution in [2.75, 3.05) is 0 Å². The number of nitro groups is 1. The monoisotopic (exact) mass is 381 g/mol. The molecule has 9 nitrogen and oxygen atoms in total. The van der Waals surface area contributed by atoms with Gasteiger partial charge in [0.05, 0.1) is 11.5 Å². The molecule has 28 heavy (non-hydrogen) atoms. The second-order valence-corrected chi connectivity index (χ2v) is 7.17. The predicted octanol–water partition coefficient (Wildman–Crippen LogP) is 3.27. The molecule has 1 aromatic carbocycles. The highest BCUT2D eigenvalue weighted by Gasteiger charge is 2.26. The molecule has 0 saturated carbocycles. The van der Waals surface area contributed by atoms with E-state index >= 15 is 0 Å². The van der Waals surface area contributed by atoms with Crippen LogP contribution in [0, 0.1) is 10.1 Å². The Balaban J connectivity index is 1.73. The quantitative estimate of drug-likeness (QED) is 0.531. The van der Waals surface area contributed by atoms with Gasteiger partial charge in [0.1, 0.15) is 0 Å². The van der Waals surface area contributed by atoms with Crippen molar-refractivity contribution in [1.29, 1.82) is 0 Å². The fourth-order valence-electron chi connectivity index (χ4n) is 2.66. The van der Waals surface area contributed by atoms with Crippen LogP contribution < -0.4 is 5.32 Å². The van der Waals surface area contributed by atoms with Crippen molar-refractivity contribution in [3.05, 3.63) is 69.9 Å². The summed E-state index contributed by atoms with van der Waals surface area (Å²) in [6.45, 7) is 5.65. The summed E-state index contributed by atoms with van der Waals surface area (Å²) in [4.78, 5) is 31.4. The Morgan fingerprint density at radius 3 is 2.57 bits per heavy atom. The van der Waals surface area contributed by atoms with Crippen LogP contribution in [0.2, 0.25) is 0 Å². The van der Waals surface area contributed by atoms with Gasteiger partial charge in [0, 0.05) is 35.2 Å². The molecule has 0 spiro atoms. The van der Waals surface area contributed by atoms with E-state index in [4.69, 9.17) is 4.52 Å². The number of pyridine rings is 1. The van der Waals surface area contributed by atoms with Crippen molar-refractivity contribution >= 4 is 11.6 Å². The van der Waals surface area contributed by atoms with E-state index in [0.717, 1.165) is 5.56 Å². The van der Waals surface area contributed by atoms with Gasteiger partial charge < -0.3 is 9.84 Å². The molecule has 0 saturated heterocycles. The van der Waals surface area contributed by atoms with Crippen LogP contribution in [0.1, 0.15) is 42.6 Å². The van der Waals surface area contributed by atoms with Gasteiger partial charge in [0.15, 0.2) is 0 Å². The molecule has 2 heterocycles. The van der Waals surface area contributed by atoms with Crippen molar-refractivity contribution in [1.82, 2.24) is 20.4 Å². The number of aromatic nitrogens is 3. The van der Waals surface area contributed by atoms with Gasteiger partial charge in [0.25, 0.3) is 11.6 Å². The predicted molar refractivity (Wildman–Crippen MR) is 100 cm³/mol. The molecular weight excluding hydrogens is 362 g/mol. The molecule has 0 fully saturated rings. The molecule has 0 aliphatic rings. The van der Waals surface area contributed by atoms with Gasteiger partial charge in [-0.3, -0.25) is 19.9 Å². The minimum Gasteiger partial charge on any atom is -0.343 e. The van der Waals surface area contributed by atoms with Crippen molar-refractivity contribution in [2.45, 2.75) is 32.7 Å². The summed E-state index contributed by atoms with van der Waals surface area (Å²) >= 11 is 0. The van der Waals surface area contributed by atoms with Crippen LogP contribution in [0.5, 0.6) is 0 Å². The normalized spacial score (nSPS) is 11.2. The van der Waals surface area contributed by atoms with Gasteiger partial charge in [-0.05, 0) is 23.6 Å². The first-order valence-electron chi connectivity index (χ1n) is 8.56. The average Bonchev–Trinajstić information content (AvgIpc) is 3.14. The lowest BCUT2D eigenvalue weighted by molar-refractivity contribution is -0.386. The zero-order valence-electron chi connectivity index (χ0n) is 15.7. The molecule has 0 atom stereocenters. The van der Waals surface area contributed by atoms with Gasteiger partial charge in [-0.25, -0.2) is 0 Å². The van der Waals surface area contributed by atoms with Crippen LogP contribution in [0.4, 0.5) is 5.69 Å². The molecule has 1 amide bonds. The van der Waals surface area contributed by atoms with E-state index in [9.17, 15) is 14.9 Å². The molecule has 0 aliphatic carbocycles. The molecule has 9 heteroatoms. The zero-order valence-corrected chi connectivity index (χ0v) is 15.7. The molecule has 0 bridgehead atoms. The van der Waals surface area contributed by atoms with E-state index in [0.29, 0.717) is 11.4 Å². The first-order valence-corrected chi connectivity index (χ1v) is 8.56. The molecular formula is C19H19N5O4. The van der Waals surface area contributed by atoms with E-state index in [1.807, 2.05) is 20.8 Å². The summed E-state index contributed by atoms with van der Waals surface area (Å²) in [5, 5.41) is 17.9. The molecule has 2 aromatic heterocycles. The van der Waals surface area contributed by atoms with Gasteiger partial charge in [-0.15, -0.1) is 0 Å². The third-order valence-corrected chi connectivity index (χ3v) is 4.07. The van der Waals surface area contributed by atoms with Crippen molar-refractivity contribution in [3.63, 3.8) is 0 Å². The van der Waals surface area contributed by atoms with E-state index < -0.39 is 16.2 Å². The van der Waals surface area contributed by atoms with Gasteiger partial charge in [-0.2, -0.15) is 4.98 Å². The van der Waals surface area contributed by atoms with E-state index in [-0.39, 0.29) is 23.7 Å². The Labute approximate surface area is 161 Å². The lowest BCUT2D eigenvalue weighted by Gasteiger charge is -2.19. The van der Waals surface area contributed by atoms with Gasteiger partial charge in [-0.1, -0.05) is 32.0 Å². The van der Waals surface area contributed by atoms with E-state index in [1.165, 1.54) is 6.07 Å². The largest absolute Gasteiger partial charge is 0.343 e. The summed E-state index contributed by atoms with van der Waals surface area (Å²) < 4.78 is 5.13. The fourth-order valence-corrected chi connectivity index (χ4v) is 2.66. The summed E-state index contributed by atoms with van der Waals surface area (Å²) in [7, 11) is 0. The lowest BCUT2D eigenvalue weighted by Crippen LogP contribution is -2.23. The second-order valence-electron chi connectivity index (χ2n) is 7.17. The Hall–Kier alpha value is -3.62. The molecule has 0 unspecified atom stereocenters. The van der Waals surface area contributed by atoms with Crippen LogP contribution in [0.15, 0.2) is 47.2 Å². The minimum atomic E-state index is -0.476.